The van der Waals surface area contributed by atoms with Gasteiger partial charge in [-0.1, -0.05) is 18.2 Å². The standard InChI is InChI=1S/C24H25N3O5S/c1-31-19-12-17(13-20(15-19)32-2)14-21-23(29)27(24(30)33-21)16-22(28)26-10-8-25(9-11-26)18-6-4-3-5-7-18/h3-7,12-15H,8-11,16H2,1-2H3/b21-14+. The summed E-state index contributed by atoms with van der Waals surface area (Å²) in [6.45, 7) is 2.24. The van der Waals surface area contributed by atoms with Crippen LogP contribution in [0.15, 0.2) is 53.4 Å². The van der Waals surface area contributed by atoms with E-state index < -0.39 is 11.1 Å². The molecule has 0 spiro atoms. The fraction of sp³-hybridized carbons (Fsp3) is 0.292. The molecule has 0 atom stereocenters. The van der Waals surface area contributed by atoms with Gasteiger partial charge in [0.15, 0.2) is 0 Å². The quantitative estimate of drug-likeness (QED) is 0.604. The highest BCUT2D eigenvalue weighted by Gasteiger charge is 2.37. The van der Waals surface area contributed by atoms with E-state index in [1.54, 1.807) is 29.2 Å². The highest BCUT2D eigenvalue weighted by atomic mass is 32.2. The molecule has 2 fully saturated rings. The Morgan fingerprint density at radius 3 is 2.21 bits per heavy atom. The van der Waals surface area contributed by atoms with Crippen LogP contribution in [0.1, 0.15) is 5.56 Å². The first kappa shape index (κ1) is 22.7. The summed E-state index contributed by atoms with van der Waals surface area (Å²) in [6, 6.07) is 15.2. The van der Waals surface area contributed by atoms with Gasteiger partial charge in [-0.25, -0.2) is 0 Å². The normalized spacial score (nSPS) is 17.6. The van der Waals surface area contributed by atoms with E-state index in [-0.39, 0.29) is 17.4 Å². The van der Waals surface area contributed by atoms with Gasteiger partial charge in [0.1, 0.15) is 18.0 Å². The van der Waals surface area contributed by atoms with Crippen molar-refractivity contribution in [3.63, 3.8) is 0 Å². The highest BCUT2D eigenvalue weighted by Crippen LogP contribution is 2.33. The zero-order valence-electron chi connectivity index (χ0n) is 18.5. The summed E-state index contributed by atoms with van der Waals surface area (Å²) in [4.78, 5) is 43.4. The molecule has 8 nitrogen and oxygen atoms in total. The van der Waals surface area contributed by atoms with Crippen LogP contribution in [0.2, 0.25) is 0 Å². The molecule has 2 saturated heterocycles. The third-order valence-corrected chi connectivity index (χ3v) is 6.50. The topological polar surface area (TPSA) is 79.4 Å². The number of methoxy groups -OCH3 is 2. The summed E-state index contributed by atoms with van der Waals surface area (Å²) in [7, 11) is 3.08. The Balaban J connectivity index is 1.39. The first-order chi connectivity index (χ1) is 16.0. The van der Waals surface area contributed by atoms with Crippen molar-refractivity contribution >= 4 is 40.6 Å². The Labute approximate surface area is 196 Å². The number of benzene rings is 2. The number of carbonyl (C=O) groups is 3. The number of para-hydroxylation sites is 1. The number of anilines is 1. The number of hydrogen-bond donors (Lipinski definition) is 0. The van der Waals surface area contributed by atoms with Crippen LogP contribution < -0.4 is 14.4 Å². The second-order valence-corrected chi connectivity index (χ2v) is 8.61. The van der Waals surface area contributed by atoms with E-state index in [1.165, 1.54) is 14.2 Å². The maximum atomic E-state index is 12.9. The van der Waals surface area contributed by atoms with Crippen LogP contribution in [0.4, 0.5) is 10.5 Å². The lowest BCUT2D eigenvalue weighted by Gasteiger charge is -2.36. The van der Waals surface area contributed by atoms with Crippen molar-refractivity contribution in [2.75, 3.05) is 51.8 Å². The minimum Gasteiger partial charge on any atom is -0.497 e. The maximum absolute atomic E-state index is 12.9. The number of amides is 3. The third kappa shape index (κ3) is 5.14. The molecule has 2 aliphatic heterocycles. The van der Waals surface area contributed by atoms with Crippen molar-refractivity contribution < 1.29 is 23.9 Å². The Morgan fingerprint density at radius 1 is 0.970 bits per heavy atom. The monoisotopic (exact) mass is 467 g/mol. The van der Waals surface area contributed by atoms with Crippen molar-refractivity contribution in [3.8, 4) is 11.5 Å². The van der Waals surface area contributed by atoms with Gasteiger partial charge in [-0.3, -0.25) is 19.3 Å². The second-order valence-electron chi connectivity index (χ2n) is 7.62. The van der Waals surface area contributed by atoms with Crippen LogP contribution in [-0.2, 0) is 9.59 Å². The first-order valence-electron chi connectivity index (χ1n) is 10.5. The number of nitrogens with zero attached hydrogens (tertiary/aromatic N) is 3. The minimum absolute atomic E-state index is 0.227. The van der Waals surface area contributed by atoms with Crippen LogP contribution >= 0.6 is 11.8 Å². The largest absolute Gasteiger partial charge is 0.497 e. The van der Waals surface area contributed by atoms with Crippen LogP contribution in [0.3, 0.4) is 0 Å². The molecule has 0 aromatic heterocycles. The van der Waals surface area contributed by atoms with E-state index in [0.29, 0.717) is 43.2 Å². The molecule has 0 radical (unpaired) electrons. The number of piperazine rings is 1. The zero-order chi connectivity index (χ0) is 23.4. The van der Waals surface area contributed by atoms with Gasteiger partial charge in [0, 0.05) is 37.9 Å². The average Bonchev–Trinajstić information content (AvgIpc) is 3.11. The van der Waals surface area contributed by atoms with Crippen molar-refractivity contribution in [2.45, 2.75) is 0 Å². The number of thioether (sulfide) groups is 1. The second kappa shape index (κ2) is 9.99. The molecule has 33 heavy (non-hydrogen) atoms. The molecule has 3 amide bonds. The molecule has 2 aromatic carbocycles. The van der Waals surface area contributed by atoms with Gasteiger partial charge in [-0.05, 0) is 47.7 Å². The molecular formula is C24H25N3O5S. The summed E-state index contributed by atoms with van der Waals surface area (Å²) < 4.78 is 10.5. The predicted molar refractivity (Wildman–Crippen MR) is 127 cm³/mol. The Kier molecular flexibility index (Phi) is 6.88. The fourth-order valence-corrected chi connectivity index (χ4v) is 4.63. The van der Waals surface area contributed by atoms with Gasteiger partial charge in [0.25, 0.3) is 11.1 Å². The molecular weight excluding hydrogens is 442 g/mol. The summed E-state index contributed by atoms with van der Waals surface area (Å²) in [5.41, 5.74) is 1.79. The third-order valence-electron chi connectivity index (χ3n) is 5.59. The summed E-state index contributed by atoms with van der Waals surface area (Å²) in [6.07, 6.45) is 1.61. The lowest BCUT2D eigenvalue weighted by molar-refractivity contribution is -0.136. The molecule has 0 aliphatic carbocycles. The number of hydrogen-bond acceptors (Lipinski definition) is 7. The number of carbonyl (C=O) groups excluding carboxylic acids is 3. The van der Waals surface area contributed by atoms with Gasteiger partial charge in [0.2, 0.25) is 5.91 Å². The van der Waals surface area contributed by atoms with Crippen molar-refractivity contribution in [2.24, 2.45) is 0 Å². The Bertz CT molecular complexity index is 1060. The molecule has 2 aromatic rings. The van der Waals surface area contributed by atoms with Gasteiger partial charge in [-0.2, -0.15) is 0 Å². The van der Waals surface area contributed by atoms with E-state index >= 15 is 0 Å². The summed E-state index contributed by atoms with van der Waals surface area (Å²) in [5, 5.41) is -0.447. The van der Waals surface area contributed by atoms with Gasteiger partial charge >= 0.3 is 0 Å². The Morgan fingerprint density at radius 2 is 1.61 bits per heavy atom. The van der Waals surface area contributed by atoms with Crippen LogP contribution in [0, 0.1) is 0 Å². The van der Waals surface area contributed by atoms with Crippen molar-refractivity contribution in [1.82, 2.24) is 9.80 Å². The van der Waals surface area contributed by atoms with E-state index in [9.17, 15) is 14.4 Å². The molecule has 9 heteroatoms. The predicted octanol–water partition coefficient (Wildman–Crippen LogP) is 3.09. The highest BCUT2D eigenvalue weighted by molar-refractivity contribution is 8.18. The van der Waals surface area contributed by atoms with Crippen LogP contribution in [-0.4, -0.2) is 73.8 Å². The van der Waals surface area contributed by atoms with E-state index in [1.807, 2.05) is 30.3 Å². The lowest BCUT2D eigenvalue weighted by atomic mass is 10.2. The minimum atomic E-state index is -0.469. The summed E-state index contributed by atoms with van der Waals surface area (Å²) in [5.74, 6) is 0.451. The molecule has 2 aliphatic rings. The number of imide groups is 1. The maximum Gasteiger partial charge on any atom is 0.294 e. The fourth-order valence-electron chi connectivity index (χ4n) is 3.79. The van der Waals surface area contributed by atoms with Gasteiger partial charge in [0.05, 0.1) is 19.1 Å². The van der Waals surface area contributed by atoms with E-state index in [4.69, 9.17) is 9.47 Å². The van der Waals surface area contributed by atoms with Gasteiger partial charge < -0.3 is 19.3 Å². The van der Waals surface area contributed by atoms with Crippen molar-refractivity contribution in [1.29, 1.82) is 0 Å². The molecule has 0 saturated carbocycles. The van der Waals surface area contributed by atoms with E-state index in [2.05, 4.69) is 4.90 Å². The smallest absolute Gasteiger partial charge is 0.294 e. The van der Waals surface area contributed by atoms with Crippen molar-refractivity contribution in [3.05, 3.63) is 59.0 Å². The SMILES string of the molecule is COc1cc(/C=C2/SC(=O)N(CC(=O)N3CCN(c4ccccc4)CC3)C2=O)cc(OC)c1. The number of ether oxygens (including phenoxy) is 2. The molecule has 172 valence electrons. The Hall–Kier alpha value is -3.46. The average molecular weight is 468 g/mol. The van der Waals surface area contributed by atoms with Crippen LogP contribution in [0.25, 0.3) is 6.08 Å². The molecule has 0 unspecified atom stereocenters. The molecule has 4 rings (SSSR count). The lowest BCUT2D eigenvalue weighted by Crippen LogP contribution is -2.51. The van der Waals surface area contributed by atoms with Gasteiger partial charge in [-0.15, -0.1) is 0 Å². The molecule has 0 bridgehead atoms. The molecule has 2 heterocycles. The first-order valence-corrected chi connectivity index (χ1v) is 11.4. The van der Waals surface area contributed by atoms with Crippen LogP contribution in [0.5, 0.6) is 11.5 Å². The molecule has 0 N–H and O–H groups in total. The number of rotatable bonds is 6. The zero-order valence-corrected chi connectivity index (χ0v) is 19.3. The van der Waals surface area contributed by atoms with E-state index in [0.717, 1.165) is 22.3 Å². The summed E-state index contributed by atoms with van der Waals surface area (Å²) >= 11 is 0.828.